The Bertz CT molecular complexity index is 1810. The first kappa shape index (κ1) is 27.3. The molecule has 5 aromatic rings. The number of nitrogens with zero attached hydrogens (tertiary/aromatic N) is 2. The molecule has 0 aliphatic heterocycles. The molecule has 206 valence electrons. The average molecular weight is 575 g/mol. The quantitative estimate of drug-likeness (QED) is 0.246. The van der Waals surface area contributed by atoms with Gasteiger partial charge in [-0.2, -0.15) is 0 Å². The first-order chi connectivity index (χ1) is 19.0. The van der Waals surface area contributed by atoms with Gasteiger partial charge in [-0.25, -0.2) is 16.8 Å². The SMILES string of the molecule is CN(C)c1cccc2c(S(=O)(=O)Nc3ccccc3NS(=O)(=O)c3cccc4c(N(C)C)cccc34)cccc12. The van der Waals surface area contributed by atoms with Gasteiger partial charge in [-0.1, -0.05) is 60.7 Å². The largest absolute Gasteiger partial charge is 0.377 e. The zero-order valence-corrected chi connectivity index (χ0v) is 24.2. The second kappa shape index (κ2) is 10.4. The normalized spacial score (nSPS) is 11.9. The summed E-state index contributed by atoms with van der Waals surface area (Å²) in [6.45, 7) is 0. The average Bonchev–Trinajstić information content (AvgIpc) is 2.92. The molecule has 0 aliphatic carbocycles. The third kappa shape index (κ3) is 5.03. The number of nitrogens with one attached hydrogen (secondary N) is 2. The lowest BCUT2D eigenvalue weighted by Gasteiger charge is -2.19. The van der Waals surface area contributed by atoms with Gasteiger partial charge in [0.1, 0.15) is 0 Å². The van der Waals surface area contributed by atoms with E-state index >= 15 is 0 Å². The predicted molar refractivity (Wildman–Crippen MR) is 165 cm³/mol. The van der Waals surface area contributed by atoms with E-state index in [1.54, 1.807) is 36.4 Å². The highest BCUT2D eigenvalue weighted by molar-refractivity contribution is 7.93. The van der Waals surface area contributed by atoms with Crippen molar-refractivity contribution in [1.29, 1.82) is 0 Å². The van der Waals surface area contributed by atoms with Gasteiger partial charge in [0.25, 0.3) is 20.0 Å². The van der Waals surface area contributed by atoms with E-state index in [1.165, 1.54) is 24.3 Å². The number of hydrogen-bond acceptors (Lipinski definition) is 6. The fraction of sp³-hybridized carbons (Fsp3) is 0.133. The van der Waals surface area contributed by atoms with E-state index in [2.05, 4.69) is 9.44 Å². The van der Waals surface area contributed by atoms with Crippen LogP contribution in [-0.4, -0.2) is 45.0 Å². The van der Waals surface area contributed by atoms with Crippen molar-refractivity contribution < 1.29 is 16.8 Å². The maximum Gasteiger partial charge on any atom is 0.262 e. The van der Waals surface area contributed by atoms with Crippen LogP contribution < -0.4 is 19.2 Å². The summed E-state index contributed by atoms with van der Waals surface area (Å²) in [5, 5.41) is 2.70. The molecule has 5 aromatic carbocycles. The summed E-state index contributed by atoms with van der Waals surface area (Å²) in [6, 6.07) is 27.5. The molecule has 0 aliphatic rings. The maximum atomic E-state index is 13.7. The number of hydrogen-bond donors (Lipinski definition) is 2. The molecule has 40 heavy (non-hydrogen) atoms. The summed E-state index contributed by atoms with van der Waals surface area (Å²) in [7, 11) is -0.581. The monoisotopic (exact) mass is 574 g/mol. The Morgan fingerprint density at radius 1 is 0.450 bits per heavy atom. The molecular formula is C30H30N4O4S2. The van der Waals surface area contributed by atoms with Crippen molar-refractivity contribution in [2.24, 2.45) is 0 Å². The van der Waals surface area contributed by atoms with E-state index in [-0.39, 0.29) is 21.2 Å². The number of benzene rings is 5. The van der Waals surface area contributed by atoms with Crippen LogP contribution in [0.25, 0.3) is 21.5 Å². The number of sulfonamides is 2. The molecule has 8 nitrogen and oxygen atoms in total. The van der Waals surface area contributed by atoms with Crippen molar-refractivity contribution in [3.05, 3.63) is 97.1 Å². The molecule has 0 amide bonds. The van der Waals surface area contributed by atoms with Crippen LogP contribution in [0.2, 0.25) is 0 Å². The number of rotatable bonds is 8. The maximum absolute atomic E-state index is 13.7. The van der Waals surface area contributed by atoms with E-state index in [9.17, 15) is 16.8 Å². The molecule has 0 atom stereocenters. The van der Waals surface area contributed by atoms with Gasteiger partial charge in [-0.05, 0) is 36.4 Å². The molecule has 0 bridgehead atoms. The Labute approximate surface area is 235 Å². The molecule has 0 radical (unpaired) electrons. The molecule has 2 N–H and O–H groups in total. The Morgan fingerprint density at radius 3 is 1.18 bits per heavy atom. The van der Waals surface area contributed by atoms with Crippen molar-refractivity contribution >= 4 is 64.3 Å². The van der Waals surface area contributed by atoms with E-state index in [4.69, 9.17) is 0 Å². The molecule has 0 heterocycles. The molecule has 0 fully saturated rings. The van der Waals surface area contributed by atoms with Crippen molar-refractivity contribution in [1.82, 2.24) is 0 Å². The summed E-state index contributed by atoms with van der Waals surface area (Å²) >= 11 is 0. The van der Waals surface area contributed by atoms with E-state index in [0.717, 1.165) is 22.1 Å². The van der Waals surface area contributed by atoms with E-state index in [1.807, 2.05) is 74.4 Å². The Balaban J connectivity index is 1.54. The molecule has 0 spiro atoms. The molecule has 5 rings (SSSR count). The molecule has 0 saturated carbocycles. The lowest BCUT2D eigenvalue weighted by Crippen LogP contribution is -2.18. The lowest BCUT2D eigenvalue weighted by atomic mass is 10.1. The van der Waals surface area contributed by atoms with Crippen LogP contribution in [0.4, 0.5) is 22.7 Å². The van der Waals surface area contributed by atoms with Crippen LogP contribution in [0.3, 0.4) is 0 Å². The van der Waals surface area contributed by atoms with Crippen molar-refractivity contribution in [3.63, 3.8) is 0 Å². The molecule has 0 aromatic heterocycles. The minimum atomic E-state index is -4.08. The van der Waals surface area contributed by atoms with Crippen LogP contribution in [-0.2, 0) is 20.0 Å². The Morgan fingerprint density at radius 2 is 0.800 bits per heavy atom. The second-order valence-electron chi connectivity index (χ2n) is 9.80. The first-order valence-corrected chi connectivity index (χ1v) is 15.5. The predicted octanol–water partition coefficient (Wildman–Crippen LogP) is 5.73. The zero-order valence-electron chi connectivity index (χ0n) is 22.6. The summed E-state index contributed by atoms with van der Waals surface area (Å²) in [5.41, 5.74) is 1.99. The van der Waals surface area contributed by atoms with Gasteiger partial charge in [0.15, 0.2) is 0 Å². The van der Waals surface area contributed by atoms with Gasteiger partial charge in [0, 0.05) is 61.1 Å². The standard InChI is InChI=1S/C30H30N4O4S2/c1-33(2)27-17-7-13-23-21(27)11-9-19-29(23)39(35,36)31-25-15-5-6-16-26(25)32-40(37,38)30-20-10-12-22-24(30)14-8-18-28(22)34(3)4/h5-20,31-32H,1-4H3. The van der Waals surface area contributed by atoms with Crippen molar-refractivity contribution in [2.75, 3.05) is 47.4 Å². The molecule has 0 saturated heterocycles. The van der Waals surface area contributed by atoms with Gasteiger partial charge in [-0.15, -0.1) is 0 Å². The minimum absolute atomic E-state index is 0.0941. The smallest absolute Gasteiger partial charge is 0.262 e. The van der Waals surface area contributed by atoms with Gasteiger partial charge in [0.05, 0.1) is 21.2 Å². The Hall–Kier alpha value is -4.28. The van der Waals surface area contributed by atoms with Gasteiger partial charge in [-0.3, -0.25) is 9.44 Å². The Kier molecular flexibility index (Phi) is 7.07. The fourth-order valence-electron chi connectivity index (χ4n) is 4.84. The highest BCUT2D eigenvalue weighted by atomic mass is 32.2. The van der Waals surface area contributed by atoms with Crippen LogP contribution in [0.5, 0.6) is 0 Å². The summed E-state index contributed by atoms with van der Waals surface area (Å²) in [5.74, 6) is 0. The number of para-hydroxylation sites is 2. The van der Waals surface area contributed by atoms with Crippen LogP contribution >= 0.6 is 0 Å². The van der Waals surface area contributed by atoms with E-state index in [0.29, 0.717) is 10.8 Å². The van der Waals surface area contributed by atoms with Crippen LogP contribution in [0, 0.1) is 0 Å². The highest BCUT2D eigenvalue weighted by Gasteiger charge is 2.23. The fourth-order valence-corrected chi connectivity index (χ4v) is 7.44. The van der Waals surface area contributed by atoms with Crippen LogP contribution in [0.15, 0.2) is 107 Å². The number of fused-ring (bicyclic) bond motifs is 2. The lowest BCUT2D eigenvalue weighted by molar-refractivity contribution is 0.599. The molecule has 0 unspecified atom stereocenters. The van der Waals surface area contributed by atoms with Gasteiger partial charge in [0.2, 0.25) is 0 Å². The zero-order chi connectivity index (χ0) is 28.7. The summed E-state index contributed by atoms with van der Waals surface area (Å²) in [6.07, 6.45) is 0. The van der Waals surface area contributed by atoms with Gasteiger partial charge < -0.3 is 9.80 Å². The topological polar surface area (TPSA) is 98.8 Å². The minimum Gasteiger partial charge on any atom is -0.377 e. The number of anilines is 4. The van der Waals surface area contributed by atoms with Crippen molar-refractivity contribution in [3.8, 4) is 0 Å². The summed E-state index contributed by atoms with van der Waals surface area (Å²) < 4.78 is 59.8. The van der Waals surface area contributed by atoms with Gasteiger partial charge >= 0.3 is 0 Å². The third-order valence-electron chi connectivity index (χ3n) is 6.68. The van der Waals surface area contributed by atoms with E-state index < -0.39 is 20.0 Å². The highest BCUT2D eigenvalue weighted by Crippen LogP contribution is 2.34. The summed E-state index contributed by atoms with van der Waals surface area (Å²) in [4.78, 5) is 4.03. The molecule has 10 heteroatoms. The first-order valence-electron chi connectivity index (χ1n) is 12.5. The third-order valence-corrected chi connectivity index (χ3v) is 9.52. The van der Waals surface area contributed by atoms with Crippen LogP contribution in [0.1, 0.15) is 0 Å². The van der Waals surface area contributed by atoms with Crippen molar-refractivity contribution in [2.45, 2.75) is 9.79 Å². The second-order valence-corrected chi connectivity index (χ2v) is 13.1. The molecular weight excluding hydrogens is 544 g/mol.